The van der Waals surface area contributed by atoms with Gasteiger partial charge in [-0.25, -0.2) is 14.8 Å². The molecule has 2 aliphatic rings. The number of aromatic carboxylic acids is 1. The van der Waals surface area contributed by atoms with Crippen LogP contribution in [0.3, 0.4) is 0 Å². The van der Waals surface area contributed by atoms with E-state index in [0.717, 1.165) is 81.0 Å². The Morgan fingerprint density at radius 2 is 1.48 bits per heavy atom. The number of imidazole rings is 1. The molecule has 6 aromatic rings. The Labute approximate surface area is 271 Å². The number of benzene rings is 4. The van der Waals surface area contributed by atoms with Crippen LogP contribution in [0.15, 0.2) is 84.9 Å². The molecule has 0 saturated heterocycles. The molecule has 4 aromatic carbocycles. The molecular weight excluding hydrogens is 598 g/mol. The molecule has 0 spiro atoms. The molecule has 8 rings (SSSR count). The van der Waals surface area contributed by atoms with E-state index in [1.807, 2.05) is 54.6 Å². The van der Waals surface area contributed by atoms with Crippen molar-refractivity contribution in [2.24, 2.45) is 0 Å². The molecule has 8 heteroatoms. The summed E-state index contributed by atoms with van der Waals surface area (Å²) in [7, 11) is 0. The second-order valence-electron chi connectivity index (χ2n) is 12.1. The van der Waals surface area contributed by atoms with E-state index in [1.54, 1.807) is 12.1 Å². The van der Waals surface area contributed by atoms with Crippen LogP contribution in [0.5, 0.6) is 11.5 Å². The first-order valence-electron chi connectivity index (χ1n) is 15.9. The van der Waals surface area contributed by atoms with E-state index in [1.165, 1.54) is 19.3 Å². The summed E-state index contributed by atoms with van der Waals surface area (Å²) < 4.78 is 14.4. The fourth-order valence-corrected chi connectivity index (χ4v) is 6.97. The largest absolute Gasteiger partial charge is 0.490 e. The van der Waals surface area contributed by atoms with Gasteiger partial charge >= 0.3 is 5.97 Å². The quantitative estimate of drug-likeness (QED) is 0.204. The number of hydrogen-bond acceptors (Lipinski definition) is 5. The minimum Gasteiger partial charge on any atom is -0.490 e. The summed E-state index contributed by atoms with van der Waals surface area (Å²) in [6.45, 7) is 1.21. The number of ether oxygens (including phenoxy) is 2. The average molecular weight is 630 g/mol. The van der Waals surface area contributed by atoms with Gasteiger partial charge in [0.15, 0.2) is 11.5 Å². The maximum Gasteiger partial charge on any atom is 0.335 e. The minimum atomic E-state index is -0.948. The van der Waals surface area contributed by atoms with Gasteiger partial charge in [0.2, 0.25) is 0 Å². The van der Waals surface area contributed by atoms with Crippen molar-refractivity contribution >= 4 is 39.5 Å². The number of fused-ring (bicyclic) bond motifs is 3. The lowest BCUT2D eigenvalue weighted by molar-refractivity contribution is 0.0697. The summed E-state index contributed by atoms with van der Waals surface area (Å²) >= 11 is 6.22. The second kappa shape index (κ2) is 11.8. The first kappa shape index (κ1) is 28.6. The smallest absolute Gasteiger partial charge is 0.335 e. The summed E-state index contributed by atoms with van der Waals surface area (Å²) in [6.07, 6.45) is 6.60. The maximum atomic E-state index is 11.7. The Morgan fingerprint density at radius 1 is 0.739 bits per heavy atom. The zero-order valence-electron chi connectivity index (χ0n) is 25.2. The Bertz CT molecular complexity index is 2120. The number of aromatic nitrogens is 3. The van der Waals surface area contributed by atoms with Crippen molar-refractivity contribution in [1.82, 2.24) is 14.5 Å². The van der Waals surface area contributed by atoms with Crippen LogP contribution in [-0.4, -0.2) is 38.8 Å². The Balaban J connectivity index is 1.23. The molecule has 2 aromatic heterocycles. The van der Waals surface area contributed by atoms with Crippen molar-refractivity contribution in [2.45, 2.75) is 44.6 Å². The molecule has 0 amide bonds. The van der Waals surface area contributed by atoms with E-state index in [2.05, 4.69) is 22.8 Å². The standard InChI is InChI=1S/C38H32ClN3O4/c39-27-12-7-23(8-13-27)29-21-35-36(46-18-4-17-45-35)22-30(29)32-15-9-24-19-25(10-14-31(24)40-32)37-41-33-20-26(38(43)44)11-16-34(33)42(37)28-5-2-1-3-6-28/h7-16,19-22,28H,1-6,17-18H2,(H,43,44). The predicted molar refractivity (Wildman–Crippen MR) is 181 cm³/mol. The van der Waals surface area contributed by atoms with Gasteiger partial charge in [-0.15, -0.1) is 0 Å². The number of hydrogen-bond donors (Lipinski definition) is 1. The highest BCUT2D eigenvalue weighted by atomic mass is 35.5. The normalized spacial score (nSPS) is 15.2. The van der Waals surface area contributed by atoms with Gasteiger partial charge in [0.05, 0.1) is 41.0 Å². The number of carboxylic acids is 1. The molecule has 1 fully saturated rings. The molecule has 1 N–H and O–H groups in total. The SMILES string of the molecule is O=C(O)c1ccc2c(c1)nc(-c1ccc3nc(-c4cc5c(cc4-c4ccc(Cl)cc4)OCCCO5)ccc3c1)n2C1CCCCC1. The lowest BCUT2D eigenvalue weighted by Gasteiger charge is -2.25. The van der Waals surface area contributed by atoms with Gasteiger partial charge in [0.25, 0.3) is 0 Å². The Morgan fingerprint density at radius 3 is 2.24 bits per heavy atom. The molecule has 0 bridgehead atoms. The molecule has 46 heavy (non-hydrogen) atoms. The van der Waals surface area contributed by atoms with Crippen LogP contribution < -0.4 is 9.47 Å². The first-order valence-corrected chi connectivity index (χ1v) is 16.3. The molecule has 3 heterocycles. The topological polar surface area (TPSA) is 86.5 Å². The van der Waals surface area contributed by atoms with Crippen LogP contribution in [0, 0.1) is 0 Å². The fourth-order valence-electron chi connectivity index (χ4n) is 6.85. The molecule has 0 radical (unpaired) electrons. The molecule has 230 valence electrons. The van der Waals surface area contributed by atoms with Gasteiger partial charge < -0.3 is 19.1 Å². The zero-order valence-corrected chi connectivity index (χ0v) is 26.0. The fraction of sp³-hybridized carbons (Fsp3) is 0.237. The monoisotopic (exact) mass is 629 g/mol. The lowest BCUT2D eigenvalue weighted by atomic mass is 9.94. The van der Waals surface area contributed by atoms with Crippen molar-refractivity contribution in [3.8, 4) is 45.3 Å². The van der Waals surface area contributed by atoms with Gasteiger partial charge in [-0.2, -0.15) is 0 Å². The summed E-state index contributed by atoms with van der Waals surface area (Å²) in [5, 5.41) is 11.3. The third-order valence-corrected chi connectivity index (χ3v) is 9.39. The lowest BCUT2D eigenvalue weighted by Crippen LogP contribution is -2.14. The molecule has 1 aliphatic heterocycles. The minimum absolute atomic E-state index is 0.246. The number of carboxylic acid groups (broad SMARTS) is 1. The number of nitrogens with zero attached hydrogens (tertiary/aromatic N) is 3. The highest BCUT2D eigenvalue weighted by Gasteiger charge is 2.24. The zero-order chi connectivity index (χ0) is 31.2. The van der Waals surface area contributed by atoms with Gasteiger partial charge in [0.1, 0.15) is 5.82 Å². The van der Waals surface area contributed by atoms with Gasteiger partial charge in [-0.05, 0) is 90.7 Å². The number of rotatable bonds is 5. The van der Waals surface area contributed by atoms with Crippen LogP contribution in [0.1, 0.15) is 54.9 Å². The summed E-state index contributed by atoms with van der Waals surface area (Å²) in [5.74, 6) is 1.36. The molecule has 0 atom stereocenters. The number of pyridine rings is 1. The number of carbonyl (C=O) groups is 1. The predicted octanol–water partition coefficient (Wildman–Crippen LogP) is 9.60. The van der Waals surface area contributed by atoms with Gasteiger partial charge in [-0.3, -0.25) is 0 Å². The summed E-state index contributed by atoms with van der Waals surface area (Å²) in [6, 6.07) is 27.9. The Hall–Kier alpha value is -4.88. The third-order valence-electron chi connectivity index (χ3n) is 9.14. The maximum absolute atomic E-state index is 11.7. The van der Waals surface area contributed by atoms with Gasteiger partial charge in [0, 0.05) is 34.0 Å². The van der Waals surface area contributed by atoms with E-state index >= 15 is 0 Å². The van der Waals surface area contributed by atoms with E-state index in [-0.39, 0.29) is 5.56 Å². The first-order chi connectivity index (χ1) is 22.5. The molecule has 1 aliphatic carbocycles. The Kier molecular flexibility index (Phi) is 7.34. The van der Waals surface area contributed by atoms with Crippen LogP contribution >= 0.6 is 11.6 Å². The third kappa shape index (κ3) is 5.24. The van der Waals surface area contributed by atoms with Crippen molar-refractivity contribution in [3.05, 3.63) is 95.5 Å². The van der Waals surface area contributed by atoms with Crippen LogP contribution in [0.25, 0.3) is 55.7 Å². The van der Waals surface area contributed by atoms with Crippen molar-refractivity contribution < 1.29 is 19.4 Å². The van der Waals surface area contributed by atoms with E-state index in [4.69, 9.17) is 31.0 Å². The molecular formula is C38H32ClN3O4. The molecule has 1 saturated carbocycles. The van der Waals surface area contributed by atoms with E-state index < -0.39 is 5.97 Å². The van der Waals surface area contributed by atoms with Crippen molar-refractivity contribution in [1.29, 1.82) is 0 Å². The van der Waals surface area contributed by atoms with Crippen LogP contribution in [0.2, 0.25) is 5.02 Å². The number of halogens is 1. The summed E-state index contributed by atoms with van der Waals surface area (Å²) in [5.41, 5.74) is 7.56. The van der Waals surface area contributed by atoms with Crippen molar-refractivity contribution in [3.63, 3.8) is 0 Å². The van der Waals surface area contributed by atoms with Crippen LogP contribution in [0.4, 0.5) is 0 Å². The van der Waals surface area contributed by atoms with E-state index in [9.17, 15) is 9.90 Å². The van der Waals surface area contributed by atoms with Gasteiger partial charge in [-0.1, -0.05) is 49.1 Å². The van der Waals surface area contributed by atoms with Crippen molar-refractivity contribution in [2.75, 3.05) is 13.2 Å². The second-order valence-corrected chi connectivity index (χ2v) is 12.5. The van der Waals surface area contributed by atoms with E-state index in [0.29, 0.717) is 29.8 Å². The van der Waals surface area contributed by atoms with Crippen LogP contribution in [-0.2, 0) is 0 Å². The highest BCUT2D eigenvalue weighted by Crippen LogP contribution is 2.42. The summed E-state index contributed by atoms with van der Waals surface area (Å²) in [4.78, 5) is 21.9. The molecule has 0 unspecified atom stereocenters. The average Bonchev–Trinajstić information content (AvgIpc) is 3.32. The molecule has 7 nitrogen and oxygen atoms in total. The highest BCUT2D eigenvalue weighted by molar-refractivity contribution is 6.30.